The monoisotopic (exact) mass is 390 g/mol. The van der Waals surface area contributed by atoms with E-state index in [0.29, 0.717) is 24.6 Å². The Labute approximate surface area is 169 Å². The van der Waals surface area contributed by atoms with Crippen molar-refractivity contribution in [3.05, 3.63) is 95.3 Å². The van der Waals surface area contributed by atoms with Crippen LogP contribution >= 0.6 is 0 Å². The Kier molecular flexibility index (Phi) is 5.47. The number of hydrogen-bond acceptors (Lipinski definition) is 2. The standard InChI is InChI=1S/C24H23FN2O2/c1-2-29-22-10-6-5-9-21(22)26-24(28)27-16-15-17-7-3-4-8-20(17)23(27)18-11-13-19(25)14-12-18/h3-14,23H,2,15-16H2,1H3,(H,26,28)/t23-/m1/s1. The van der Waals surface area contributed by atoms with Crippen LogP contribution in [-0.4, -0.2) is 24.1 Å². The molecule has 1 heterocycles. The van der Waals surface area contributed by atoms with Gasteiger partial charge in [-0.1, -0.05) is 48.5 Å². The van der Waals surface area contributed by atoms with Gasteiger partial charge in [-0.05, 0) is 54.3 Å². The first-order valence-corrected chi connectivity index (χ1v) is 9.80. The molecule has 0 radical (unpaired) electrons. The lowest BCUT2D eigenvalue weighted by atomic mass is 9.88. The summed E-state index contributed by atoms with van der Waals surface area (Å²) >= 11 is 0. The van der Waals surface area contributed by atoms with Crippen molar-refractivity contribution in [2.24, 2.45) is 0 Å². The average molecular weight is 390 g/mol. The second-order valence-electron chi connectivity index (χ2n) is 6.96. The number of carbonyl (C=O) groups is 1. The molecular weight excluding hydrogens is 367 g/mol. The van der Waals surface area contributed by atoms with Crippen molar-refractivity contribution in [2.45, 2.75) is 19.4 Å². The third-order valence-electron chi connectivity index (χ3n) is 5.16. The minimum atomic E-state index is -0.292. The molecule has 0 fully saturated rings. The minimum Gasteiger partial charge on any atom is -0.492 e. The van der Waals surface area contributed by atoms with Gasteiger partial charge in [-0.25, -0.2) is 9.18 Å². The van der Waals surface area contributed by atoms with Crippen LogP contribution in [0.15, 0.2) is 72.8 Å². The smallest absolute Gasteiger partial charge is 0.322 e. The number of anilines is 1. The summed E-state index contributed by atoms with van der Waals surface area (Å²) in [6, 6.07) is 21.4. The van der Waals surface area contributed by atoms with Crippen LogP contribution < -0.4 is 10.1 Å². The summed E-state index contributed by atoms with van der Waals surface area (Å²) in [7, 11) is 0. The lowest BCUT2D eigenvalue weighted by Gasteiger charge is -2.37. The van der Waals surface area contributed by atoms with E-state index in [1.54, 1.807) is 17.0 Å². The number of fused-ring (bicyclic) bond motifs is 1. The zero-order valence-corrected chi connectivity index (χ0v) is 16.3. The molecule has 3 aromatic rings. The van der Waals surface area contributed by atoms with Crippen LogP contribution in [-0.2, 0) is 6.42 Å². The van der Waals surface area contributed by atoms with Crippen molar-refractivity contribution in [1.29, 1.82) is 0 Å². The van der Waals surface area contributed by atoms with Gasteiger partial charge in [-0.3, -0.25) is 0 Å². The number of hydrogen-bond donors (Lipinski definition) is 1. The highest BCUT2D eigenvalue weighted by molar-refractivity contribution is 5.91. The fourth-order valence-electron chi connectivity index (χ4n) is 3.83. The van der Waals surface area contributed by atoms with E-state index in [1.165, 1.54) is 17.7 Å². The number of para-hydroxylation sites is 2. The van der Waals surface area contributed by atoms with Crippen LogP contribution in [0.3, 0.4) is 0 Å². The average Bonchev–Trinajstić information content (AvgIpc) is 2.75. The molecule has 0 aromatic heterocycles. The molecular formula is C24H23FN2O2. The Hall–Kier alpha value is -3.34. The zero-order chi connectivity index (χ0) is 20.2. The molecule has 0 bridgehead atoms. The van der Waals surface area contributed by atoms with Crippen molar-refractivity contribution in [3.63, 3.8) is 0 Å². The van der Waals surface area contributed by atoms with Gasteiger partial charge in [0.15, 0.2) is 0 Å². The van der Waals surface area contributed by atoms with Crippen LogP contribution in [0.25, 0.3) is 0 Å². The van der Waals surface area contributed by atoms with E-state index in [2.05, 4.69) is 11.4 Å². The number of nitrogens with zero attached hydrogens (tertiary/aromatic N) is 1. The number of amides is 2. The Morgan fingerprint density at radius 2 is 1.79 bits per heavy atom. The fraction of sp³-hybridized carbons (Fsp3) is 0.208. The number of rotatable bonds is 4. The van der Waals surface area contributed by atoms with Gasteiger partial charge in [-0.2, -0.15) is 0 Å². The number of carbonyl (C=O) groups excluding carboxylic acids is 1. The molecule has 0 saturated carbocycles. The highest BCUT2D eigenvalue weighted by Gasteiger charge is 2.32. The molecule has 5 heteroatoms. The zero-order valence-electron chi connectivity index (χ0n) is 16.3. The van der Waals surface area contributed by atoms with Gasteiger partial charge in [-0.15, -0.1) is 0 Å². The first-order valence-electron chi connectivity index (χ1n) is 9.80. The summed E-state index contributed by atoms with van der Waals surface area (Å²) in [5.41, 5.74) is 3.79. The molecule has 2 amide bonds. The summed E-state index contributed by atoms with van der Waals surface area (Å²) in [5, 5.41) is 2.99. The van der Waals surface area contributed by atoms with Gasteiger partial charge >= 0.3 is 6.03 Å². The number of urea groups is 1. The predicted molar refractivity (Wildman–Crippen MR) is 112 cm³/mol. The largest absolute Gasteiger partial charge is 0.492 e. The van der Waals surface area contributed by atoms with E-state index >= 15 is 0 Å². The maximum Gasteiger partial charge on any atom is 0.322 e. The SMILES string of the molecule is CCOc1ccccc1NC(=O)N1CCc2ccccc2[C@H]1c1ccc(F)cc1. The van der Waals surface area contributed by atoms with Crippen molar-refractivity contribution >= 4 is 11.7 Å². The van der Waals surface area contributed by atoms with Gasteiger partial charge in [0, 0.05) is 6.54 Å². The Morgan fingerprint density at radius 3 is 2.59 bits per heavy atom. The quantitative estimate of drug-likeness (QED) is 0.648. The van der Waals surface area contributed by atoms with E-state index in [4.69, 9.17) is 4.74 Å². The molecule has 3 aromatic carbocycles. The molecule has 148 valence electrons. The second kappa shape index (κ2) is 8.35. The number of ether oxygens (including phenoxy) is 1. The van der Waals surface area contributed by atoms with Gasteiger partial charge in [0.1, 0.15) is 11.6 Å². The highest BCUT2D eigenvalue weighted by Crippen LogP contribution is 2.36. The Balaban J connectivity index is 1.68. The van der Waals surface area contributed by atoms with E-state index in [9.17, 15) is 9.18 Å². The van der Waals surface area contributed by atoms with Crippen molar-refractivity contribution in [3.8, 4) is 5.75 Å². The summed E-state index contributed by atoms with van der Waals surface area (Å²) in [5.74, 6) is 0.346. The molecule has 29 heavy (non-hydrogen) atoms. The molecule has 1 N–H and O–H groups in total. The second-order valence-corrected chi connectivity index (χ2v) is 6.96. The van der Waals surface area contributed by atoms with E-state index < -0.39 is 0 Å². The normalized spacial score (nSPS) is 15.5. The predicted octanol–water partition coefficient (Wildman–Crippen LogP) is 5.40. The molecule has 4 nitrogen and oxygen atoms in total. The Bertz CT molecular complexity index is 1000. The van der Waals surface area contributed by atoms with Gasteiger partial charge in [0.2, 0.25) is 0 Å². The van der Waals surface area contributed by atoms with E-state index in [-0.39, 0.29) is 17.9 Å². The molecule has 1 aliphatic heterocycles. The summed E-state index contributed by atoms with van der Waals surface area (Å²) in [4.78, 5) is 15.1. The van der Waals surface area contributed by atoms with Crippen LogP contribution in [0.2, 0.25) is 0 Å². The first kappa shape index (κ1) is 19.0. The lowest BCUT2D eigenvalue weighted by Crippen LogP contribution is -2.43. The van der Waals surface area contributed by atoms with Crippen molar-refractivity contribution in [1.82, 2.24) is 4.90 Å². The minimum absolute atomic E-state index is 0.207. The summed E-state index contributed by atoms with van der Waals surface area (Å²) < 4.78 is 19.1. The number of benzene rings is 3. The van der Waals surface area contributed by atoms with E-state index in [1.807, 2.05) is 49.4 Å². The third kappa shape index (κ3) is 3.94. The van der Waals surface area contributed by atoms with Crippen LogP contribution in [0.5, 0.6) is 5.75 Å². The molecule has 0 unspecified atom stereocenters. The van der Waals surface area contributed by atoms with Gasteiger partial charge in [0.25, 0.3) is 0 Å². The third-order valence-corrected chi connectivity index (χ3v) is 5.16. The van der Waals surface area contributed by atoms with Gasteiger partial charge < -0.3 is 15.0 Å². The lowest BCUT2D eigenvalue weighted by molar-refractivity contribution is 0.194. The fourth-order valence-corrected chi connectivity index (χ4v) is 3.83. The van der Waals surface area contributed by atoms with Crippen LogP contribution in [0.4, 0.5) is 14.9 Å². The molecule has 1 atom stereocenters. The molecule has 0 saturated heterocycles. The highest BCUT2D eigenvalue weighted by atomic mass is 19.1. The number of halogens is 1. The summed E-state index contributed by atoms with van der Waals surface area (Å²) in [6.07, 6.45) is 0.772. The topological polar surface area (TPSA) is 41.6 Å². The number of nitrogens with one attached hydrogen (secondary N) is 1. The first-order chi connectivity index (χ1) is 14.2. The van der Waals surface area contributed by atoms with Gasteiger partial charge in [0.05, 0.1) is 18.3 Å². The van der Waals surface area contributed by atoms with E-state index in [0.717, 1.165) is 17.5 Å². The van der Waals surface area contributed by atoms with Crippen molar-refractivity contribution in [2.75, 3.05) is 18.5 Å². The Morgan fingerprint density at radius 1 is 1.07 bits per heavy atom. The summed E-state index contributed by atoms with van der Waals surface area (Å²) in [6.45, 7) is 2.99. The maximum absolute atomic E-state index is 13.5. The molecule has 1 aliphatic rings. The van der Waals surface area contributed by atoms with Crippen LogP contribution in [0, 0.1) is 5.82 Å². The maximum atomic E-state index is 13.5. The molecule has 4 rings (SSSR count). The van der Waals surface area contributed by atoms with Crippen molar-refractivity contribution < 1.29 is 13.9 Å². The molecule has 0 aliphatic carbocycles. The molecule has 0 spiro atoms. The van der Waals surface area contributed by atoms with Crippen LogP contribution in [0.1, 0.15) is 29.7 Å².